The van der Waals surface area contributed by atoms with Crippen LogP contribution in [0.4, 0.5) is 4.39 Å². The van der Waals surface area contributed by atoms with Crippen molar-refractivity contribution in [3.8, 4) is 11.3 Å². The second-order valence-corrected chi connectivity index (χ2v) is 8.92. The van der Waals surface area contributed by atoms with Crippen LogP contribution in [0.25, 0.3) is 11.3 Å². The maximum absolute atomic E-state index is 14.4. The van der Waals surface area contributed by atoms with Crippen molar-refractivity contribution in [2.24, 2.45) is 5.92 Å². The van der Waals surface area contributed by atoms with Crippen molar-refractivity contribution in [3.05, 3.63) is 53.5 Å². The average molecular weight is 396 g/mol. The van der Waals surface area contributed by atoms with Gasteiger partial charge in [-0.1, -0.05) is 70.9 Å². The Bertz CT molecular complexity index is 729. The Labute approximate surface area is 177 Å². The summed E-state index contributed by atoms with van der Waals surface area (Å²) in [4.78, 5) is 4.60. The van der Waals surface area contributed by atoms with Gasteiger partial charge in [0.1, 0.15) is 5.82 Å². The first-order valence-electron chi connectivity index (χ1n) is 12.0. The van der Waals surface area contributed by atoms with Crippen LogP contribution in [0.15, 0.2) is 36.5 Å². The Morgan fingerprint density at radius 3 is 2.31 bits per heavy atom. The van der Waals surface area contributed by atoms with Crippen molar-refractivity contribution in [1.82, 2.24) is 4.98 Å². The zero-order valence-electron chi connectivity index (χ0n) is 18.4. The summed E-state index contributed by atoms with van der Waals surface area (Å²) >= 11 is 0. The summed E-state index contributed by atoms with van der Waals surface area (Å²) in [6.07, 6.45) is 17.9. The van der Waals surface area contributed by atoms with Gasteiger partial charge in [0.25, 0.3) is 0 Å². The number of pyridine rings is 1. The van der Waals surface area contributed by atoms with Crippen LogP contribution >= 0.6 is 0 Å². The second kappa shape index (κ2) is 11.5. The summed E-state index contributed by atoms with van der Waals surface area (Å²) in [6, 6.07) is 9.68. The first-order chi connectivity index (χ1) is 14.2. The smallest absolute Gasteiger partial charge is 0.132 e. The molecule has 1 aliphatic carbocycles. The van der Waals surface area contributed by atoms with Crippen LogP contribution in [-0.4, -0.2) is 4.98 Å². The number of hydrogen-bond donors (Lipinski definition) is 0. The fraction of sp³-hybridized carbons (Fsp3) is 0.593. The number of nitrogens with zero attached hydrogens (tertiary/aromatic N) is 1. The van der Waals surface area contributed by atoms with Crippen molar-refractivity contribution in [1.29, 1.82) is 0 Å². The van der Waals surface area contributed by atoms with Crippen molar-refractivity contribution >= 4 is 0 Å². The quantitative estimate of drug-likeness (QED) is 0.368. The lowest BCUT2D eigenvalue weighted by Crippen LogP contribution is -2.13. The molecule has 1 nitrogen and oxygen atoms in total. The lowest BCUT2D eigenvalue weighted by atomic mass is 9.77. The minimum Gasteiger partial charge on any atom is -0.256 e. The maximum Gasteiger partial charge on any atom is 0.132 e. The van der Waals surface area contributed by atoms with Gasteiger partial charge in [-0.2, -0.15) is 0 Å². The molecule has 2 aromatic rings. The molecule has 0 radical (unpaired) electrons. The number of unbranched alkanes of at least 4 members (excludes halogenated alkanes) is 5. The van der Waals surface area contributed by atoms with E-state index in [4.69, 9.17) is 0 Å². The third-order valence-corrected chi connectivity index (χ3v) is 6.79. The molecule has 3 rings (SSSR count). The highest BCUT2D eigenvalue weighted by molar-refractivity contribution is 5.60. The van der Waals surface area contributed by atoms with E-state index in [9.17, 15) is 4.39 Å². The minimum atomic E-state index is -0.167. The summed E-state index contributed by atoms with van der Waals surface area (Å²) in [5.74, 6) is 1.39. The van der Waals surface area contributed by atoms with Crippen molar-refractivity contribution in [2.45, 2.75) is 96.8 Å². The summed E-state index contributed by atoms with van der Waals surface area (Å²) in [5, 5.41) is 0. The Hall–Kier alpha value is -1.70. The second-order valence-electron chi connectivity index (χ2n) is 8.92. The van der Waals surface area contributed by atoms with Crippen LogP contribution < -0.4 is 0 Å². The Balaban J connectivity index is 1.47. The van der Waals surface area contributed by atoms with E-state index in [-0.39, 0.29) is 5.82 Å². The van der Waals surface area contributed by atoms with E-state index in [1.54, 1.807) is 6.07 Å². The van der Waals surface area contributed by atoms with E-state index in [0.29, 0.717) is 11.5 Å². The number of benzene rings is 1. The standard InChI is InChI=1S/C27H38FN/c1-3-5-6-7-8-9-10-22-11-14-23(15-12-22)24-16-18-27(29-20-24)25-17-13-21(4-2)19-26(25)28/h13,16-20,22-23H,3-12,14-15H2,1-2H3/t22-,23-. The van der Waals surface area contributed by atoms with Crippen molar-refractivity contribution in [3.63, 3.8) is 0 Å². The van der Waals surface area contributed by atoms with Crippen LogP contribution in [0.2, 0.25) is 0 Å². The zero-order chi connectivity index (χ0) is 20.5. The van der Waals surface area contributed by atoms with Gasteiger partial charge in [0.05, 0.1) is 5.69 Å². The first-order valence-corrected chi connectivity index (χ1v) is 12.0. The number of halogens is 1. The van der Waals surface area contributed by atoms with Gasteiger partial charge in [0.2, 0.25) is 0 Å². The van der Waals surface area contributed by atoms with Crippen LogP contribution in [0, 0.1) is 11.7 Å². The van der Waals surface area contributed by atoms with E-state index in [1.165, 1.54) is 76.2 Å². The SMILES string of the molecule is CCCCCCCC[C@H]1CC[C@H](c2ccc(-c3ccc(CC)cc3F)nc2)CC1. The lowest BCUT2D eigenvalue weighted by Gasteiger charge is -2.28. The highest BCUT2D eigenvalue weighted by Gasteiger charge is 2.22. The molecule has 1 saturated carbocycles. The lowest BCUT2D eigenvalue weighted by molar-refractivity contribution is 0.301. The molecule has 0 aliphatic heterocycles. The summed E-state index contributed by atoms with van der Waals surface area (Å²) < 4.78 is 14.4. The van der Waals surface area contributed by atoms with Gasteiger partial charge in [-0.15, -0.1) is 0 Å². The van der Waals surface area contributed by atoms with Crippen LogP contribution in [0.1, 0.15) is 102 Å². The van der Waals surface area contributed by atoms with Crippen molar-refractivity contribution in [2.75, 3.05) is 0 Å². The van der Waals surface area contributed by atoms with Gasteiger partial charge in [-0.25, -0.2) is 4.39 Å². The highest BCUT2D eigenvalue weighted by Crippen LogP contribution is 2.38. The maximum atomic E-state index is 14.4. The average Bonchev–Trinajstić information content (AvgIpc) is 2.77. The Morgan fingerprint density at radius 2 is 1.66 bits per heavy atom. The van der Waals surface area contributed by atoms with Gasteiger partial charge in [-0.3, -0.25) is 4.98 Å². The molecule has 1 aromatic carbocycles. The number of aromatic nitrogens is 1. The molecule has 0 atom stereocenters. The van der Waals surface area contributed by atoms with Crippen LogP contribution in [0.5, 0.6) is 0 Å². The monoisotopic (exact) mass is 395 g/mol. The van der Waals surface area contributed by atoms with Crippen molar-refractivity contribution < 1.29 is 4.39 Å². The summed E-state index contributed by atoms with van der Waals surface area (Å²) in [5.41, 5.74) is 3.71. The molecule has 2 heteroatoms. The van der Waals surface area contributed by atoms with Crippen LogP contribution in [0.3, 0.4) is 0 Å². The zero-order valence-corrected chi connectivity index (χ0v) is 18.4. The predicted molar refractivity (Wildman–Crippen MR) is 122 cm³/mol. The van der Waals surface area contributed by atoms with E-state index >= 15 is 0 Å². The Kier molecular flexibility index (Phi) is 8.70. The topological polar surface area (TPSA) is 12.9 Å². The third-order valence-electron chi connectivity index (χ3n) is 6.79. The predicted octanol–water partition coefficient (Wildman–Crippen LogP) is 8.47. The van der Waals surface area contributed by atoms with E-state index in [1.807, 2.05) is 31.3 Å². The van der Waals surface area contributed by atoms with Gasteiger partial charge in [0.15, 0.2) is 0 Å². The molecule has 0 amide bonds. The molecule has 0 saturated heterocycles. The summed E-state index contributed by atoms with van der Waals surface area (Å²) in [7, 11) is 0. The van der Waals surface area contributed by atoms with Gasteiger partial charge < -0.3 is 0 Å². The molecular weight excluding hydrogens is 357 g/mol. The van der Waals surface area contributed by atoms with Crippen LogP contribution in [-0.2, 0) is 6.42 Å². The fourth-order valence-electron chi connectivity index (χ4n) is 4.79. The van der Waals surface area contributed by atoms with Gasteiger partial charge in [-0.05, 0) is 73.3 Å². The molecule has 1 heterocycles. The largest absolute Gasteiger partial charge is 0.256 e. The molecule has 1 aliphatic rings. The molecule has 0 unspecified atom stereocenters. The molecule has 158 valence electrons. The number of rotatable bonds is 10. The van der Waals surface area contributed by atoms with E-state index < -0.39 is 0 Å². The molecule has 29 heavy (non-hydrogen) atoms. The molecule has 1 fully saturated rings. The number of aryl methyl sites for hydroxylation is 1. The molecular formula is C27H38FN. The Morgan fingerprint density at radius 1 is 0.897 bits per heavy atom. The van der Waals surface area contributed by atoms with Gasteiger partial charge >= 0.3 is 0 Å². The van der Waals surface area contributed by atoms with E-state index in [0.717, 1.165) is 23.6 Å². The minimum absolute atomic E-state index is 0.167. The third kappa shape index (κ3) is 6.39. The normalized spacial score (nSPS) is 19.4. The molecule has 0 spiro atoms. The highest BCUT2D eigenvalue weighted by atomic mass is 19.1. The molecule has 0 bridgehead atoms. The van der Waals surface area contributed by atoms with Gasteiger partial charge in [0, 0.05) is 11.8 Å². The molecule has 1 aromatic heterocycles. The fourth-order valence-corrected chi connectivity index (χ4v) is 4.79. The number of hydrogen-bond acceptors (Lipinski definition) is 1. The molecule has 0 N–H and O–H groups in total. The first kappa shape index (κ1) is 22.0. The van der Waals surface area contributed by atoms with E-state index in [2.05, 4.69) is 18.0 Å². The summed E-state index contributed by atoms with van der Waals surface area (Å²) in [6.45, 7) is 4.33.